The standard InChI is InChI=1S/C34H37N5O3/c1-4-32(40)38-17-15-23(16-18-38)25-12-13-28(21(2)19-25)36-30-14-11-24-7-5-8-26(33(24)30)29-9-6-10-31(37-29)39-22(3)27(20-35-39)34(41)42/h5-10,12-13,19-20,23,30,36H,4,11,14-18H2,1-3H3,(H,41,42). The van der Waals surface area contributed by atoms with Gasteiger partial charge >= 0.3 is 5.97 Å². The predicted molar refractivity (Wildman–Crippen MR) is 163 cm³/mol. The number of fused-ring (bicyclic) bond motifs is 1. The number of piperidine rings is 1. The third-order valence-electron chi connectivity index (χ3n) is 8.92. The average molecular weight is 564 g/mol. The summed E-state index contributed by atoms with van der Waals surface area (Å²) in [7, 11) is 0. The molecule has 0 spiro atoms. The van der Waals surface area contributed by atoms with E-state index in [0.717, 1.165) is 55.7 Å². The normalized spacial score (nSPS) is 16.8. The van der Waals surface area contributed by atoms with E-state index in [1.165, 1.54) is 28.5 Å². The number of aryl methyl sites for hydroxylation is 2. The monoisotopic (exact) mass is 563 g/mol. The number of benzene rings is 2. The van der Waals surface area contributed by atoms with Crippen molar-refractivity contribution in [3.8, 4) is 17.1 Å². The molecule has 1 unspecified atom stereocenters. The number of hydrogen-bond donors (Lipinski definition) is 2. The number of hydrogen-bond acceptors (Lipinski definition) is 5. The third-order valence-corrected chi connectivity index (χ3v) is 8.92. The number of amides is 1. The number of aromatic carboxylic acids is 1. The summed E-state index contributed by atoms with van der Waals surface area (Å²) in [5.74, 6) is 0.336. The second kappa shape index (κ2) is 11.4. The first-order valence-corrected chi connectivity index (χ1v) is 14.9. The summed E-state index contributed by atoms with van der Waals surface area (Å²) < 4.78 is 1.59. The largest absolute Gasteiger partial charge is 0.478 e. The Morgan fingerprint density at radius 1 is 1.02 bits per heavy atom. The van der Waals surface area contributed by atoms with Crippen molar-refractivity contribution in [3.05, 3.63) is 94.3 Å². The highest BCUT2D eigenvalue weighted by Crippen LogP contribution is 2.41. The van der Waals surface area contributed by atoms with Gasteiger partial charge in [-0.2, -0.15) is 5.10 Å². The number of rotatable bonds is 7. The second-order valence-electron chi connectivity index (χ2n) is 11.4. The number of anilines is 1. The molecule has 2 aromatic heterocycles. The molecule has 1 aliphatic carbocycles. The van der Waals surface area contributed by atoms with E-state index in [-0.39, 0.29) is 17.5 Å². The topological polar surface area (TPSA) is 100 Å². The van der Waals surface area contributed by atoms with Crippen LogP contribution in [0.5, 0.6) is 0 Å². The van der Waals surface area contributed by atoms with Crippen molar-refractivity contribution < 1.29 is 14.7 Å². The highest BCUT2D eigenvalue weighted by molar-refractivity contribution is 5.88. The van der Waals surface area contributed by atoms with Gasteiger partial charge in [0.15, 0.2) is 5.82 Å². The van der Waals surface area contributed by atoms with Crippen molar-refractivity contribution in [1.29, 1.82) is 0 Å². The van der Waals surface area contributed by atoms with Gasteiger partial charge in [0.25, 0.3) is 0 Å². The van der Waals surface area contributed by atoms with Gasteiger partial charge in [-0.05, 0) is 85.9 Å². The summed E-state index contributed by atoms with van der Waals surface area (Å²) >= 11 is 0. The lowest BCUT2D eigenvalue weighted by atomic mass is 9.88. The van der Waals surface area contributed by atoms with E-state index in [0.29, 0.717) is 23.9 Å². The van der Waals surface area contributed by atoms with Gasteiger partial charge in [-0.15, -0.1) is 0 Å². The first-order chi connectivity index (χ1) is 20.3. The summed E-state index contributed by atoms with van der Waals surface area (Å²) in [4.78, 5) is 30.6. The van der Waals surface area contributed by atoms with Crippen LogP contribution in [-0.2, 0) is 11.2 Å². The Morgan fingerprint density at radius 2 is 1.81 bits per heavy atom. The van der Waals surface area contributed by atoms with Crippen LogP contribution < -0.4 is 5.32 Å². The Labute approximate surface area is 246 Å². The van der Waals surface area contributed by atoms with E-state index in [1.54, 1.807) is 11.6 Å². The first kappa shape index (κ1) is 27.7. The molecule has 216 valence electrons. The molecule has 8 nitrogen and oxygen atoms in total. The molecule has 3 heterocycles. The molecule has 2 aliphatic rings. The Bertz CT molecular complexity index is 1650. The maximum absolute atomic E-state index is 12.1. The van der Waals surface area contributed by atoms with Gasteiger partial charge in [0.2, 0.25) is 5.91 Å². The third kappa shape index (κ3) is 5.17. The molecule has 1 fully saturated rings. The molecule has 1 atom stereocenters. The zero-order valence-electron chi connectivity index (χ0n) is 24.4. The zero-order valence-corrected chi connectivity index (χ0v) is 24.4. The Morgan fingerprint density at radius 3 is 2.52 bits per heavy atom. The number of carbonyl (C=O) groups excluding carboxylic acids is 1. The van der Waals surface area contributed by atoms with Crippen LogP contribution in [0.2, 0.25) is 0 Å². The van der Waals surface area contributed by atoms with Gasteiger partial charge in [-0.1, -0.05) is 43.3 Å². The SMILES string of the molecule is CCC(=O)N1CCC(c2ccc(NC3CCc4cccc(-c5cccc(-n6ncc(C(=O)O)c6C)n5)c43)c(C)c2)CC1. The van der Waals surface area contributed by atoms with Crippen molar-refractivity contribution in [2.24, 2.45) is 0 Å². The number of likely N-dealkylation sites (tertiary alicyclic amines) is 1. The molecule has 42 heavy (non-hydrogen) atoms. The zero-order chi connectivity index (χ0) is 29.4. The molecule has 2 N–H and O–H groups in total. The van der Waals surface area contributed by atoms with Crippen LogP contribution in [0.1, 0.15) is 82.9 Å². The molecule has 1 aliphatic heterocycles. The van der Waals surface area contributed by atoms with Crippen LogP contribution >= 0.6 is 0 Å². The van der Waals surface area contributed by atoms with Crippen LogP contribution in [0.25, 0.3) is 17.1 Å². The molecule has 1 amide bonds. The molecule has 0 radical (unpaired) electrons. The Balaban J connectivity index is 1.24. The number of carbonyl (C=O) groups is 2. The van der Waals surface area contributed by atoms with Gasteiger partial charge in [0.05, 0.1) is 23.6 Å². The smallest absolute Gasteiger partial charge is 0.339 e. The number of nitrogens with one attached hydrogen (secondary N) is 1. The molecule has 2 aromatic carbocycles. The molecular weight excluding hydrogens is 526 g/mol. The van der Waals surface area contributed by atoms with E-state index in [2.05, 4.69) is 53.7 Å². The quantitative estimate of drug-likeness (QED) is 0.268. The van der Waals surface area contributed by atoms with Gasteiger partial charge in [0, 0.05) is 30.8 Å². The number of aromatic nitrogens is 3. The van der Waals surface area contributed by atoms with Gasteiger partial charge in [0.1, 0.15) is 5.56 Å². The molecular formula is C34H37N5O3. The van der Waals surface area contributed by atoms with E-state index >= 15 is 0 Å². The van der Waals surface area contributed by atoms with Gasteiger partial charge < -0.3 is 15.3 Å². The minimum atomic E-state index is -0.998. The predicted octanol–water partition coefficient (Wildman–Crippen LogP) is 6.46. The van der Waals surface area contributed by atoms with Crippen LogP contribution in [0.3, 0.4) is 0 Å². The summed E-state index contributed by atoms with van der Waals surface area (Å²) in [5.41, 5.74) is 8.95. The van der Waals surface area contributed by atoms with Crippen LogP contribution in [0.15, 0.2) is 60.8 Å². The van der Waals surface area contributed by atoms with Crippen molar-refractivity contribution in [1.82, 2.24) is 19.7 Å². The fraction of sp³-hybridized carbons (Fsp3) is 0.353. The molecule has 0 saturated carbocycles. The van der Waals surface area contributed by atoms with Crippen molar-refractivity contribution >= 4 is 17.6 Å². The lowest BCUT2D eigenvalue weighted by Gasteiger charge is -2.32. The summed E-state index contributed by atoms with van der Waals surface area (Å²) in [6, 6.07) is 19.1. The van der Waals surface area contributed by atoms with Crippen molar-refractivity contribution in [2.75, 3.05) is 18.4 Å². The molecule has 6 rings (SSSR count). The summed E-state index contributed by atoms with van der Waals surface area (Å²) in [6.45, 7) is 7.53. The second-order valence-corrected chi connectivity index (χ2v) is 11.4. The van der Waals surface area contributed by atoms with Crippen molar-refractivity contribution in [2.45, 2.75) is 64.8 Å². The number of carboxylic acids is 1. The number of nitrogens with zero attached hydrogens (tertiary/aromatic N) is 4. The molecule has 8 heteroatoms. The van der Waals surface area contributed by atoms with Gasteiger partial charge in [-0.3, -0.25) is 4.79 Å². The number of carboxylic acid groups (broad SMARTS) is 1. The van der Waals surface area contributed by atoms with E-state index in [1.807, 2.05) is 30.0 Å². The Kier molecular flexibility index (Phi) is 7.54. The molecule has 0 bridgehead atoms. The maximum Gasteiger partial charge on any atom is 0.339 e. The highest BCUT2D eigenvalue weighted by Gasteiger charge is 2.28. The summed E-state index contributed by atoms with van der Waals surface area (Å²) in [5, 5.41) is 17.6. The van der Waals surface area contributed by atoms with Crippen LogP contribution in [-0.4, -0.2) is 49.7 Å². The van der Waals surface area contributed by atoms with Gasteiger partial charge in [-0.25, -0.2) is 14.5 Å². The fourth-order valence-electron chi connectivity index (χ4n) is 6.57. The minimum Gasteiger partial charge on any atom is -0.478 e. The van der Waals surface area contributed by atoms with E-state index in [9.17, 15) is 14.7 Å². The van der Waals surface area contributed by atoms with Crippen molar-refractivity contribution in [3.63, 3.8) is 0 Å². The lowest BCUT2D eigenvalue weighted by Crippen LogP contribution is -2.37. The minimum absolute atomic E-state index is 0.152. The highest BCUT2D eigenvalue weighted by atomic mass is 16.4. The first-order valence-electron chi connectivity index (χ1n) is 14.9. The molecule has 4 aromatic rings. The van der Waals surface area contributed by atoms with Crippen LogP contribution in [0.4, 0.5) is 5.69 Å². The van der Waals surface area contributed by atoms with Crippen LogP contribution in [0, 0.1) is 13.8 Å². The Hall–Kier alpha value is -4.46. The fourth-order valence-corrected chi connectivity index (χ4v) is 6.57. The maximum atomic E-state index is 12.1. The number of pyridine rings is 1. The lowest BCUT2D eigenvalue weighted by molar-refractivity contribution is -0.131. The summed E-state index contributed by atoms with van der Waals surface area (Å²) in [6.07, 6.45) is 5.97. The molecule has 1 saturated heterocycles. The average Bonchev–Trinajstić information content (AvgIpc) is 3.61. The van der Waals surface area contributed by atoms with E-state index < -0.39 is 5.97 Å². The van der Waals surface area contributed by atoms with E-state index in [4.69, 9.17) is 4.98 Å².